The number of pyridine rings is 1. The summed E-state index contributed by atoms with van der Waals surface area (Å²) in [7, 11) is 0. The fourth-order valence-corrected chi connectivity index (χ4v) is 1.04. The summed E-state index contributed by atoms with van der Waals surface area (Å²) in [6.45, 7) is 0. The van der Waals surface area contributed by atoms with Crippen molar-refractivity contribution in [3.05, 3.63) is 29.1 Å². The summed E-state index contributed by atoms with van der Waals surface area (Å²) >= 11 is 0. The number of hydrogen-bond donors (Lipinski definition) is 5. The summed E-state index contributed by atoms with van der Waals surface area (Å²) in [6.07, 6.45) is 1.00. The van der Waals surface area contributed by atoms with Crippen LogP contribution in [0.5, 0.6) is 0 Å². The molecule has 1 amide bonds. The summed E-state index contributed by atoms with van der Waals surface area (Å²) in [4.78, 5) is 25.7. The van der Waals surface area contributed by atoms with Gasteiger partial charge in [0.25, 0.3) is 5.91 Å². The van der Waals surface area contributed by atoms with Crippen molar-refractivity contribution in [2.24, 2.45) is 11.6 Å². The second kappa shape index (κ2) is 4.36. The molecule has 1 heterocycles. The molecule has 0 spiro atoms. The quantitative estimate of drug-likeness (QED) is 0.140. The van der Waals surface area contributed by atoms with Crippen molar-refractivity contribution >= 4 is 17.7 Å². The molecule has 0 saturated heterocycles. The Morgan fingerprint density at radius 3 is 2.50 bits per heavy atom. The van der Waals surface area contributed by atoms with Gasteiger partial charge in [-0.05, 0) is 6.07 Å². The van der Waals surface area contributed by atoms with Gasteiger partial charge in [0.1, 0.15) is 11.5 Å². The standard InChI is InChI=1S/C8H9N5O3/c9-6(10)5-1-3(8(15)16)4(2-12-5)7(14)13-11/h1-2H,11H2,(H3,9,10)(H,13,14)(H,15,16). The van der Waals surface area contributed by atoms with E-state index in [4.69, 9.17) is 22.1 Å². The molecule has 8 heteroatoms. The lowest BCUT2D eigenvalue weighted by Gasteiger charge is -2.05. The number of carboxylic acid groups (broad SMARTS) is 1. The monoisotopic (exact) mass is 223 g/mol. The molecule has 8 nitrogen and oxygen atoms in total. The number of aromatic carboxylic acids is 1. The largest absolute Gasteiger partial charge is 0.478 e. The van der Waals surface area contributed by atoms with Crippen LogP contribution in [0.15, 0.2) is 12.3 Å². The number of carbonyl (C=O) groups is 2. The number of amides is 1. The summed E-state index contributed by atoms with van der Waals surface area (Å²) in [6, 6.07) is 1.04. The Morgan fingerprint density at radius 1 is 1.44 bits per heavy atom. The highest BCUT2D eigenvalue weighted by Gasteiger charge is 2.17. The summed E-state index contributed by atoms with van der Waals surface area (Å²) in [5, 5.41) is 15.9. The van der Waals surface area contributed by atoms with Crippen molar-refractivity contribution in [1.29, 1.82) is 5.41 Å². The normalized spacial score (nSPS) is 9.56. The van der Waals surface area contributed by atoms with Crippen molar-refractivity contribution in [2.45, 2.75) is 0 Å². The van der Waals surface area contributed by atoms with Crippen molar-refractivity contribution in [2.75, 3.05) is 0 Å². The molecule has 0 aliphatic carbocycles. The van der Waals surface area contributed by atoms with Crippen LogP contribution in [-0.4, -0.2) is 27.8 Å². The molecule has 84 valence electrons. The van der Waals surface area contributed by atoms with Gasteiger partial charge in [0.15, 0.2) is 0 Å². The maximum atomic E-state index is 11.2. The molecule has 0 fully saturated rings. The minimum atomic E-state index is -1.33. The second-order valence-corrected chi connectivity index (χ2v) is 2.81. The molecule has 0 aromatic carbocycles. The second-order valence-electron chi connectivity index (χ2n) is 2.81. The van der Waals surface area contributed by atoms with Gasteiger partial charge in [-0.1, -0.05) is 0 Å². The SMILES string of the molecule is N=C(N)c1cc(C(=O)O)c(C(=O)NN)cn1. The molecule has 0 aliphatic heterocycles. The lowest BCUT2D eigenvalue weighted by atomic mass is 10.1. The predicted octanol–water partition coefficient (Wildman–Crippen LogP) is -1.33. The van der Waals surface area contributed by atoms with Crippen LogP contribution in [-0.2, 0) is 0 Å². The molecule has 1 aromatic heterocycles. The van der Waals surface area contributed by atoms with Crippen LogP contribution in [0.2, 0.25) is 0 Å². The van der Waals surface area contributed by atoms with E-state index < -0.39 is 11.9 Å². The van der Waals surface area contributed by atoms with Gasteiger partial charge in [-0.2, -0.15) is 0 Å². The fraction of sp³-hybridized carbons (Fsp3) is 0. The van der Waals surface area contributed by atoms with E-state index in [-0.39, 0.29) is 22.7 Å². The van der Waals surface area contributed by atoms with Crippen molar-refractivity contribution in [1.82, 2.24) is 10.4 Å². The number of hydrazine groups is 1. The Hall–Kier alpha value is -2.48. The van der Waals surface area contributed by atoms with E-state index in [0.717, 1.165) is 12.3 Å². The van der Waals surface area contributed by atoms with Crippen LogP contribution < -0.4 is 17.0 Å². The molecule has 7 N–H and O–H groups in total. The van der Waals surface area contributed by atoms with E-state index in [1.165, 1.54) is 0 Å². The van der Waals surface area contributed by atoms with E-state index >= 15 is 0 Å². The van der Waals surface area contributed by atoms with Gasteiger partial charge in [0.2, 0.25) is 0 Å². The molecule has 0 unspecified atom stereocenters. The average Bonchev–Trinajstić information content (AvgIpc) is 2.26. The smallest absolute Gasteiger partial charge is 0.336 e. The van der Waals surface area contributed by atoms with Crippen molar-refractivity contribution in [3.8, 4) is 0 Å². The first-order valence-corrected chi connectivity index (χ1v) is 4.06. The maximum Gasteiger partial charge on any atom is 0.336 e. The van der Waals surface area contributed by atoms with Crippen LogP contribution in [0, 0.1) is 5.41 Å². The number of nitrogens with two attached hydrogens (primary N) is 2. The highest BCUT2D eigenvalue weighted by Crippen LogP contribution is 2.09. The number of carbonyl (C=O) groups excluding carboxylic acids is 1. The first kappa shape index (κ1) is 11.6. The van der Waals surface area contributed by atoms with E-state index in [1.807, 2.05) is 0 Å². The van der Waals surface area contributed by atoms with Gasteiger partial charge in [0, 0.05) is 6.20 Å². The maximum absolute atomic E-state index is 11.2. The van der Waals surface area contributed by atoms with Gasteiger partial charge in [-0.3, -0.25) is 20.6 Å². The topological polar surface area (TPSA) is 155 Å². The minimum absolute atomic E-state index is 0.0222. The zero-order chi connectivity index (χ0) is 12.3. The van der Waals surface area contributed by atoms with Gasteiger partial charge < -0.3 is 10.8 Å². The molecule has 0 saturated carbocycles. The van der Waals surface area contributed by atoms with E-state index in [2.05, 4.69) is 4.98 Å². The Morgan fingerprint density at radius 2 is 2.06 bits per heavy atom. The Bertz CT molecular complexity index is 471. The number of carboxylic acids is 1. The third-order valence-corrected chi connectivity index (χ3v) is 1.79. The highest BCUT2D eigenvalue weighted by atomic mass is 16.4. The lowest BCUT2D eigenvalue weighted by molar-refractivity contribution is 0.0691. The molecular formula is C8H9N5O3. The fourth-order valence-electron chi connectivity index (χ4n) is 1.04. The first-order chi connectivity index (χ1) is 7.47. The third kappa shape index (κ3) is 2.12. The number of nitrogens with zero attached hydrogens (tertiary/aromatic N) is 1. The molecule has 1 rings (SSSR count). The van der Waals surface area contributed by atoms with Crippen LogP contribution in [0.1, 0.15) is 26.4 Å². The molecule has 0 radical (unpaired) electrons. The summed E-state index contributed by atoms with van der Waals surface area (Å²) in [5.41, 5.74) is 6.41. The number of nitrogens with one attached hydrogen (secondary N) is 2. The van der Waals surface area contributed by atoms with Gasteiger partial charge in [-0.15, -0.1) is 0 Å². The van der Waals surface area contributed by atoms with Crippen LogP contribution in [0.3, 0.4) is 0 Å². The van der Waals surface area contributed by atoms with E-state index in [0.29, 0.717) is 0 Å². The van der Waals surface area contributed by atoms with Gasteiger partial charge in [-0.25, -0.2) is 10.6 Å². The van der Waals surface area contributed by atoms with Gasteiger partial charge >= 0.3 is 5.97 Å². The molecular weight excluding hydrogens is 214 g/mol. The zero-order valence-corrected chi connectivity index (χ0v) is 8.02. The molecule has 0 aliphatic rings. The Kier molecular flexibility index (Phi) is 3.16. The number of aromatic nitrogens is 1. The molecule has 0 atom stereocenters. The Balaban J connectivity index is 3.36. The van der Waals surface area contributed by atoms with Crippen LogP contribution in [0.25, 0.3) is 0 Å². The average molecular weight is 223 g/mol. The minimum Gasteiger partial charge on any atom is -0.478 e. The Labute approximate surface area is 89.7 Å². The number of amidine groups is 1. The van der Waals surface area contributed by atoms with Crippen molar-refractivity contribution < 1.29 is 14.7 Å². The predicted molar refractivity (Wildman–Crippen MR) is 53.9 cm³/mol. The number of hydrogen-bond acceptors (Lipinski definition) is 5. The summed E-state index contributed by atoms with van der Waals surface area (Å²) in [5.74, 6) is 2.39. The zero-order valence-electron chi connectivity index (χ0n) is 8.02. The summed E-state index contributed by atoms with van der Waals surface area (Å²) < 4.78 is 0. The number of nitrogen functional groups attached to an aromatic ring is 2. The molecule has 16 heavy (non-hydrogen) atoms. The third-order valence-electron chi connectivity index (χ3n) is 1.79. The van der Waals surface area contributed by atoms with Gasteiger partial charge in [0.05, 0.1) is 11.1 Å². The lowest BCUT2D eigenvalue weighted by Crippen LogP contribution is -2.31. The van der Waals surface area contributed by atoms with E-state index in [1.54, 1.807) is 5.43 Å². The van der Waals surface area contributed by atoms with Crippen LogP contribution in [0.4, 0.5) is 0 Å². The van der Waals surface area contributed by atoms with E-state index in [9.17, 15) is 9.59 Å². The first-order valence-electron chi connectivity index (χ1n) is 4.06. The van der Waals surface area contributed by atoms with Crippen molar-refractivity contribution in [3.63, 3.8) is 0 Å². The highest BCUT2D eigenvalue weighted by molar-refractivity contribution is 6.06. The molecule has 0 bridgehead atoms. The number of rotatable bonds is 3. The van der Waals surface area contributed by atoms with Crippen LogP contribution >= 0.6 is 0 Å². The molecule has 1 aromatic rings.